The van der Waals surface area contributed by atoms with Crippen LogP contribution in [0.1, 0.15) is 32.6 Å². The average Bonchev–Trinajstić information content (AvgIpc) is 2.18. The van der Waals surface area contributed by atoms with Gasteiger partial charge in [-0.15, -0.1) is 0 Å². The maximum atomic E-state index is 11.2. The fraction of sp³-hybridized carbons (Fsp3) is 0.889. The number of carbonyl (C=O) groups excluding carboxylic acids is 1. The summed E-state index contributed by atoms with van der Waals surface area (Å²) in [4.78, 5) is 13.8. The van der Waals surface area contributed by atoms with Gasteiger partial charge >= 0.3 is 0 Å². The highest BCUT2D eigenvalue weighted by atomic mass is 16.1. The first-order valence-electron chi connectivity index (χ1n) is 5.04. The smallest absolute Gasteiger partial charge is 0.226 e. The van der Waals surface area contributed by atoms with E-state index in [1.54, 1.807) is 0 Å². The van der Waals surface area contributed by atoms with Crippen molar-refractivity contribution >= 4 is 5.91 Å². The fourth-order valence-corrected chi connectivity index (χ4v) is 1.88. The van der Waals surface area contributed by atoms with E-state index in [0.29, 0.717) is 5.92 Å². The normalized spacial score (nSPS) is 26.4. The summed E-state index contributed by atoms with van der Waals surface area (Å²) >= 11 is 0. The molecule has 0 radical (unpaired) electrons. The zero-order valence-corrected chi connectivity index (χ0v) is 8.44. The molecule has 1 aliphatic carbocycles. The molecule has 0 aromatic rings. The second-order valence-corrected chi connectivity index (χ2v) is 3.82. The lowest BCUT2D eigenvalue weighted by molar-refractivity contribution is -0.120. The van der Waals surface area contributed by atoms with Crippen molar-refractivity contribution in [1.82, 2.24) is 5.32 Å². The molecule has 1 rings (SSSR count). The number of amides is 1. The Bertz CT molecular complexity index is 247. The van der Waals surface area contributed by atoms with Crippen LogP contribution < -0.4 is 5.32 Å². The van der Waals surface area contributed by atoms with Gasteiger partial charge in [0.05, 0.1) is 0 Å². The number of carbonyl (C=O) groups is 1. The summed E-state index contributed by atoms with van der Waals surface area (Å²) in [5.41, 5.74) is 8.05. The first-order chi connectivity index (χ1) is 6.74. The monoisotopic (exact) mass is 196 g/mol. The van der Waals surface area contributed by atoms with E-state index in [4.69, 9.17) is 5.53 Å². The van der Waals surface area contributed by atoms with E-state index < -0.39 is 0 Å². The van der Waals surface area contributed by atoms with E-state index in [2.05, 4.69) is 22.3 Å². The maximum Gasteiger partial charge on any atom is 0.226 e. The van der Waals surface area contributed by atoms with Gasteiger partial charge in [0, 0.05) is 11.0 Å². The number of nitrogens with zero attached hydrogens (tertiary/aromatic N) is 3. The van der Waals surface area contributed by atoms with Crippen LogP contribution in [0.15, 0.2) is 5.11 Å². The van der Waals surface area contributed by atoms with Gasteiger partial charge in [0.1, 0.15) is 6.54 Å². The Morgan fingerprint density at radius 1 is 1.57 bits per heavy atom. The van der Waals surface area contributed by atoms with Gasteiger partial charge in [-0.3, -0.25) is 4.79 Å². The zero-order valence-electron chi connectivity index (χ0n) is 8.44. The van der Waals surface area contributed by atoms with Crippen molar-refractivity contribution in [3.63, 3.8) is 0 Å². The maximum absolute atomic E-state index is 11.2. The number of hydrogen-bond acceptors (Lipinski definition) is 2. The summed E-state index contributed by atoms with van der Waals surface area (Å²) in [5, 5.41) is 6.13. The van der Waals surface area contributed by atoms with E-state index in [0.717, 1.165) is 6.42 Å². The molecule has 5 heteroatoms. The largest absolute Gasteiger partial charge is 0.353 e. The van der Waals surface area contributed by atoms with Gasteiger partial charge in [0.2, 0.25) is 5.91 Å². The Labute approximate surface area is 83.5 Å². The van der Waals surface area contributed by atoms with Crippen LogP contribution in [0.3, 0.4) is 0 Å². The molecule has 0 bridgehead atoms. The molecule has 1 saturated carbocycles. The summed E-state index contributed by atoms with van der Waals surface area (Å²) in [5.74, 6) is 0.375. The molecular formula is C9H16N4O. The Morgan fingerprint density at radius 3 is 2.93 bits per heavy atom. The van der Waals surface area contributed by atoms with E-state index >= 15 is 0 Å². The Morgan fingerprint density at radius 2 is 2.29 bits per heavy atom. The summed E-state index contributed by atoms with van der Waals surface area (Å²) in [7, 11) is 0. The molecule has 0 aliphatic heterocycles. The highest BCUT2D eigenvalue weighted by Crippen LogP contribution is 2.23. The van der Waals surface area contributed by atoms with Crippen molar-refractivity contribution in [2.75, 3.05) is 6.54 Å². The molecule has 1 fully saturated rings. The van der Waals surface area contributed by atoms with Crippen molar-refractivity contribution in [2.45, 2.75) is 38.6 Å². The van der Waals surface area contributed by atoms with E-state index in [1.807, 2.05) is 0 Å². The highest BCUT2D eigenvalue weighted by molar-refractivity contribution is 5.78. The van der Waals surface area contributed by atoms with Crippen LogP contribution in [0.5, 0.6) is 0 Å². The third kappa shape index (κ3) is 3.26. The zero-order chi connectivity index (χ0) is 10.4. The van der Waals surface area contributed by atoms with Crippen molar-refractivity contribution in [2.24, 2.45) is 11.0 Å². The lowest BCUT2D eigenvalue weighted by Crippen LogP contribution is -2.41. The first-order valence-corrected chi connectivity index (χ1v) is 5.04. The predicted molar refractivity (Wildman–Crippen MR) is 53.6 cm³/mol. The minimum atomic E-state index is -0.165. The number of nitrogens with one attached hydrogen (secondary N) is 1. The summed E-state index contributed by atoms with van der Waals surface area (Å²) in [6.45, 7) is 2.07. The van der Waals surface area contributed by atoms with Crippen molar-refractivity contribution in [1.29, 1.82) is 0 Å². The molecule has 78 valence electrons. The van der Waals surface area contributed by atoms with Gasteiger partial charge in [-0.05, 0) is 24.3 Å². The molecule has 14 heavy (non-hydrogen) atoms. The third-order valence-corrected chi connectivity index (χ3v) is 2.74. The second kappa shape index (κ2) is 5.50. The van der Waals surface area contributed by atoms with Crippen molar-refractivity contribution < 1.29 is 4.79 Å². The van der Waals surface area contributed by atoms with E-state index in [1.165, 1.54) is 19.3 Å². The van der Waals surface area contributed by atoms with Crippen LogP contribution in [0.25, 0.3) is 10.4 Å². The number of hydrogen-bond donors (Lipinski definition) is 1. The highest BCUT2D eigenvalue weighted by Gasteiger charge is 2.22. The van der Waals surface area contributed by atoms with E-state index in [-0.39, 0.29) is 18.5 Å². The summed E-state index contributed by atoms with van der Waals surface area (Å²) < 4.78 is 0. The standard InChI is InChI=1S/C9H16N4O/c1-7-4-2-3-5-8(7)12-9(14)6-11-13-10/h7-8H,2-6H2,1H3,(H,12,14). The van der Waals surface area contributed by atoms with Gasteiger partial charge in [-0.25, -0.2) is 0 Å². The van der Waals surface area contributed by atoms with Gasteiger partial charge < -0.3 is 5.32 Å². The SMILES string of the molecule is CC1CCCCC1NC(=O)CN=[N+]=[N-]. The lowest BCUT2D eigenvalue weighted by atomic mass is 9.86. The molecule has 0 aromatic heterocycles. The van der Waals surface area contributed by atoms with Crippen LogP contribution in [-0.2, 0) is 4.79 Å². The molecular weight excluding hydrogens is 180 g/mol. The molecule has 2 unspecified atom stereocenters. The fourth-order valence-electron chi connectivity index (χ4n) is 1.88. The molecule has 2 atom stereocenters. The van der Waals surface area contributed by atoms with Crippen LogP contribution in [0, 0.1) is 5.92 Å². The van der Waals surface area contributed by atoms with Gasteiger partial charge in [0.15, 0.2) is 0 Å². The van der Waals surface area contributed by atoms with Gasteiger partial charge in [-0.2, -0.15) is 0 Å². The van der Waals surface area contributed by atoms with Crippen molar-refractivity contribution in [3.05, 3.63) is 10.4 Å². The molecule has 0 aromatic carbocycles. The minimum absolute atomic E-state index is 0.0836. The molecule has 1 amide bonds. The van der Waals surface area contributed by atoms with E-state index in [9.17, 15) is 4.79 Å². The molecule has 5 nitrogen and oxygen atoms in total. The Kier molecular flexibility index (Phi) is 4.26. The predicted octanol–water partition coefficient (Wildman–Crippen LogP) is 1.99. The summed E-state index contributed by atoms with van der Waals surface area (Å²) in [6.07, 6.45) is 4.65. The molecule has 1 aliphatic rings. The Hall–Kier alpha value is -1.22. The van der Waals surface area contributed by atoms with Gasteiger partial charge in [0.25, 0.3) is 0 Å². The molecule has 0 heterocycles. The molecule has 0 spiro atoms. The second-order valence-electron chi connectivity index (χ2n) is 3.82. The minimum Gasteiger partial charge on any atom is -0.353 e. The molecule has 0 saturated heterocycles. The topological polar surface area (TPSA) is 77.9 Å². The lowest BCUT2D eigenvalue weighted by Gasteiger charge is -2.29. The van der Waals surface area contributed by atoms with Crippen LogP contribution >= 0.6 is 0 Å². The summed E-state index contributed by atoms with van der Waals surface area (Å²) in [6, 6.07) is 0.269. The molecule has 1 N–H and O–H groups in total. The quantitative estimate of drug-likeness (QED) is 0.418. The number of azide groups is 1. The van der Waals surface area contributed by atoms with Crippen LogP contribution in [-0.4, -0.2) is 18.5 Å². The Balaban J connectivity index is 2.34. The van der Waals surface area contributed by atoms with Crippen LogP contribution in [0.4, 0.5) is 0 Å². The number of rotatable bonds is 3. The van der Waals surface area contributed by atoms with Gasteiger partial charge in [-0.1, -0.05) is 24.9 Å². The first kappa shape index (κ1) is 10.9. The van der Waals surface area contributed by atoms with Crippen molar-refractivity contribution in [3.8, 4) is 0 Å². The average molecular weight is 196 g/mol. The third-order valence-electron chi connectivity index (χ3n) is 2.74. The van der Waals surface area contributed by atoms with Crippen LogP contribution in [0.2, 0.25) is 0 Å².